The number of carbonyl (C=O) groups is 3. The molecule has 0 aliphatic carbocycles. The fourth-order valence-electron chi connectivity index (χ4n) is 5.86. The van der Waals surface area contributed by atoms with Crippen molar-refractivity contribution in [2.75, 3.05) is 53.2 Å². The van der Waals surface area contributed by atoms with E-state index in [1.165, 1.54) is 4.90 Å². The van der Waals surface area contributed by atoms with E-state index in [4.69, 9.17) is 51.0 Å². The number of fused-ring (bicyclic) bond motifs is 2. The average molecular weight is 933 g/mol. The largest absolute Gasteiger partial charge is 0.493 e. The molecule has 0 saturated heterocycles. The molecule has 0 radical (unpaired) electrons. The zero-order chi connectivity index (χ0) is 45.4. The second-order valence-electron chi connectivity index (χ2n) is 13.4. The quantitative estimate of drug-likeness (QED) is 0.117. The Hall–Kier alpha value is -6.73. The molecule has 0 saturated carbocycles. The molecule has 4 aromatic heterocycles. The zero-order valence-corrected chi connectivity index (χ0v) is 38.1. The Morgan fingerprint density at radius 1 is 0.619 bits per heavy atom. The Labute approximate surface area is 379 Å². The maximum Gasteiger partial charge on any atom is 0.293 e. The number of methoxy groups -OCH3 is 4. The second kappa shape index (κ2) is 20.4. The number of hydrogen-bond acceptors (Lipinski definition) is 15. The van der Waals surface area contributed by atoms with Crippen LogP contribution in [0.25, 0.3) is 44.7 Å². The van der Waals surface area contributed by atoms with Crippen molar-refractivity contribution in [1.29, 1.82) is 0 Å². The van der Waals surface area contributed by atoms with E-state index in [9.17, 15) is 14.4 Å². The number of amides is 3. The molecule has 8 aromatic rings. The molecule has 4 aromatic carbocycles. The van der Waals surface area contributed by atoms with Crippen molar-refractivity contribution < 1.29 is 42.2 Å². The molecule has 4 heterocycles. The summed E-state index contributed by atoms with van der Waals surface area (Å²) in [6.07, 6.45) is 0.750. The number of anilines is 2. The van der Waals surface area contributed by atoms with Crippen molar-refractivity contribution in [1.82, 2.24) is 23.6 Å². The van der Waals surface area contributed by atoms with Gasteiger partial charge in [-0.25, -0.2) is 0 Å². The third kappa shape index (κ3) is 10.7. The third-order valence-corrected chi connectivity index (χ3v) is 10.7. The maximum atomic E-state index is 12.7. The summed E-state index contributed by atoms with van der Waals surface area (Å²) in [5.74, 6) is 2.94. The number of carbonyl (C=O) groups excluding carboxylic acids is 3. The Morgan fingerprint density at radius 3 is 1.35 bits per heavy atom. The van der Waals surface area contributed by atoms with Crippen LogP contribution in [0.4, 0.5) is 10.3 Å². The second-order valence-corrected chi connectivity index (χ2v) is 15.7. The lowest BCUT2D eigenvalue weighted by Crippen LogP contribution is -2.11. The van der Waals surface area contributed by atoms with E-state index >= 15 is 0 Å². The maximum absolute atomic E-state index is 12.7. The molecule has 8 rings (SSSR count). The van der Waals surface area contributed by atoms with E-state index in [2.05, 4.69) is 29.3 Å². The van der Waals surface area contributed by atoms with Gasteiger partial charge in [-0.1, -0.05) is 23.2 Å². The number of hydrogen-bond donors (Lipinski definition) is 2. The van der Waals surface area contributed by atoms with Gasteiger partial charge < -0.3 is 32.7 Å². The van der Waals surface area contributed by atoms with E-state index < -0.39 is 11.8 Å². The minimum atomic E-state index is -0.398. The minimum absolute atomic E-state index is 0.213. The summed E-state index contributed by atoms with van der Waals surface area (Å²) in [6, 6.07) is 21.2. The molecule has 0 fully saturated rings. The molecule has 0 bridgehead atoms. The fraction of sp³-hybridized carbons (Fsp3) is 0.186. The first-order valence-electron chi connectivity index (χ1n) is 18.5. The van der Waals surface area contributed by atoms with Gasteiger partial charge in [-0.05, 0) is 86.6 Å². The molecule has 0 spiro atoms. The van der Waals surface area contributed by atoms with E-state index in [0.29, 0.717) is 77.2 Å². The Kier molecular flexibility index (Phi) is 14.8. The van der Waals surface area contributed by atoms with Crippen molar-refractivity contribution >= 4 is 96.7 Å². The highest BCUT2D eigenvalue weighted by atomic mass is 35.5. The highest BCUT2D eigenvalue weighted by Crippen LogP contribution is 2.35. The predicted octanol–water partition coefficient (Wildman–Crippen LogP) is 10.1. The number of aryl methyl sites for hydroxylation is 2. The van der Waals surface area contributed by atoms with Gasteiger partial charge in [0.05, 0.1) is 28.4 Å². The molecular weight excluding hydrogens is 894 g/mol. The number of rotatable bonds is 11. The first kappa shape index (κ1) is 45.8. The van der Waals surface area contributed by atoms with Crippen molar-refractivity contribution in [3.63, 3.8) is 0 Å². The van der Waals surface area contributed by atoms with E-state index in [-0.39, 0.29) is 11.5 Å². The van der Waals surface area contributed by atoms with Crippen molar-refractivity contribution in [3.05, 3.63) is 105 Å². The molecule has 326 valence electrons. The smallest absolute Gasteiger partial charge is 0.293 e. The van der Waals surface area contributed by atoms with Crippen LogP contribution in [-0.2, 0) is 4.79 Å². The topological polar surface area (TPSA) is 193 Å². The summed E-state index contributed by atoms with van der Waals surface area (Å²) < 4.78 is 41.1. The summed E-state index contributed by atoms with van der Waals surface area (Å²) >= 11 is 14.2. The zero-order valence-electron chi connectivity index (χ0n) is 35.0. The summed E-state index contributed by atoms with van der Waals surface area (Å²) in [6.45, 7) is 3.62. The molecule has 0 atom stereocenters. The third-order valence-electron chi connectivity index (χ3n) is 9.00. The lowest BCUT2D eigenvalue weighted by Gasteiger charge is -2.07. The molecule has 20 heteroatoms. The highest BCUT2D eigenvalue weighted by Gasteiger charge is 2.22. The summed E-state index contributed by atoms with van der Waals surface area (Å²) in [5, 5.41) is 8.95. The first-order valence-corrected chi connectivity index (χ1v) is 20.8. The van der Waals surface area contributed by atoms with Gasteiger partial charge in [0, 0.05) is 80.2 Å². The number of nitrogens with one attached hydrogen (secondary N) is 2. The van der Waals surface area contributed by atoms with Crippen LogP contribution >= 0.6 is 46.3 Å². The molecule has 0 aliphatic heterocycles. The van der Waals surface area contributed by atoms with Crippen LogP contribution in [0.15, 0.2) is 81.6 Å². The van der Waals surface area contributed by atoms with Crippen LogP contribution in [0.3, 0.4) is 0 Å². The van der Waals surface area contributed by atoms with Gasteiger partial charge in [0.25, 0.3) is 11.8 Å². The van der Waals surface area contributed by atoms with Crippen LogP contribution in [0.5, 0.6) is 23.0 Å². The predicted molar refractivity (Wildman–Crippen MR) is 244 cm³/mol. The van der Waals surface area contributed by atoms with Crippen molar-refractivity contribution in [2.24, 2.45) is 0 Å². The van der Waals surface area contributed by atoms with Crippen LogP contribution < -0.4 is 29.6 Å². The van der Waals surface area contributed by atoms with Gasteiger partial charge in [0.1, 0.15) is 11.2 Å². The molecule has 63 heavy (non-hydrogen) atoms. The molecule has 2 N–H and O–H groups in total. The van der Waals surface area contributed by atoms with Crippen molar-refractivity contribution in [2.45, 2.75) is 13.8 Å². The van der Waals surface area contributed by atoms with Crippen LogP contribution in [0, 0.1) is 13.8 Å². The normalized spacial score (nSPS) is 10.6. The molecule has 0 unspecified atom stereocenters. The van der Waals surface area contributed by atoms with Gasteiger partial charge in [-0.3, -0.25) is 25.0 Å². The van der Waals surface area contributed by atoms with Crippen molar-refractivity contribution in [3.8, 4) is 45.8 Å². The van der Waals surface area contributed by atoms with Gasteiger partial charge >= 0.3 is 0 Å². The Balaban J connectivity index is 0.000000190. The van der Waals surface area contributed by atoms with Gasteiger partial charge in [-0.2, -0.15) is 18.7 Å². The summed E-state index contributed by atoms with van der Waals surface area (Å²) in [4.78, 5) is 45.0. The molecule has 0 aliphatic rings. The standard InChI is InChI=1S/2C20H16ClN3O4S.C3H7NO/c2*1-10-13-9-12(21)5-7-14(13)28-17(10)19(25)23-20-22-18(24-29-20)11-4-6-15(26-2)16(8-11)27-3;1-4(2)3-5/h2*4-9H,1-3H3,(H,22,23,24,25);3H,1-2H3. The lowest BCUT2D eigenvalue weighted by atomic mass is 10.1. The van der Waals surface area contributed by atoms with Crippen LogP contribution in [0.1, 0.15) is 32.2 Å². The Morgan fingerprint density at radius 2 is 1.00 bits per heavy atom. The first-order chi connectivity index (χ1) is 30.3. The minimum Gasteiger partial charge on any atom is -0.493 e. The molecule has 16 nitrogen and oxygen atoms in total. The summed E-state index contributed by atoms with van der Waals surface area (Å²) in [5.41, 5.74) is 4.11. The van der Waals surface area contributed by atoms with Gasteiger partial charge in [0.2, 0.25) is 16.7 Å². The number of nitrogens with zero attached hydrogens (tertiary/aromatic N) is 5. The SMILES string of the molecule is CN(C)C=O.COc1ccc(-c2nsc(NC(=O)c3oc4ccc(Cl)cc4c3C)n2)cc1OC.COc1ccc(-c2nsc(NC(=O)c3oc4ccc(Cl)cc4c3C)n2)cc1OC. The highest BCUT2D eigenvalue weighted by molar-refractivity contribution is 7.10. The van der Waals surface area contributed by atoms with E-state index in [1.807, 2.05) is 26.0 Å². The number of halogens is 2. The average Bonchev–Trinajstić information content (AvgIpc) is 4.10. The Bertz CT molecular complexity index is 2740. The molecular formula is C43H39Cl2N7O9S2. The fourth-order valence-corrected chi connectivity index (χ4v) is 7.37. The number of furan rings is 2. The van der Waals surface area contributed by atoms with Crippen LogP contribution in [-0.4, -0.2) is 84.4 Å². The summed E-state index contributed by atoms with van der Waals surface area (Å²) in [7, 11) is 9.63. The van der Waals surface area contributed by atoms with E-state index in [1.54, 1.807) is 103 Å². The number of aromatic nitrogens is 4. The van der Waals surface area contributed by atoms with E-state index in [0.717, 1.165) is 51.4 Å². The number of benzene rings is 4. The number of ether oxygens (including phenoxy) is 4. The van der Waals surface area contributed by atoms with Gasteiger partial charge in [-0.15, -0.1) is 0 Å². The van der Waals surface area contributed by atoms with Crippen LogP contribution in [0.2, 0.25) is 10.0 Å². The van der Waals surface area contributed by atoms with Gasteiger partial charge in [0.15, 0.2) is 46.2 Å². The molecule has 3 amide bonds. The lowest BCUT2D eigenvalue weighted by molar-refractivity contribution is -0.115. The monoisotopic (exact) mass is 931 g/mol.